The molecule has 3 saturated heterocycles. The van der Waals surface area contributed by atoms with E-state index in [0.717, 1.165) is 39.0 Å². The van der Waals surface area contributed by atoms with Crippen molar-refractivity contribution < 1.29 is 9.53 Å². The highest BCUT2D eigenvalue weighted by Crippen LogP contribution is 2.27. The number of carbonyl (C=O) groups excluding carboxylic acids is 1. The maximum atomic E-state index is 12.4. The third kappa shape index (κ3) is 4.48. The number of ether oxygens (including phenoxy) is 1. The van der Waals surface area contributed by atoms with Crippen LogP contribution in [0.15, 0.2) is 0 Å². The fourth-order valence-electron chi connectivity index (χ4n) is 3.98. The zero-order valence-electron chi connectivity index (χ0n) is 13.0. The lowest BCUT2D eigenvalue weighted by Crippen LogP contribution is -2.53. The van der Waals surface area contributed by atoms with Gasteiger partial charge in [-0.1, -0.05) is 6.42 Å². The zero-order valence-corrected chi connectivity index (χ0v) is 14.7. The van der Waals surface area contributed by atoms with Crippen LogP contribution in [0.3, 0.4) is 0 Å². The predicted octanol–water partition coefficient (Wildman–Crippen LogP) is 1.33. The summed E-state index contributed by atoms with van der Waals surface area (Å²) in [5.41, 5.74) is 6.16. The molecule has 0 radical (unpaired) electrons. The van der Waals surface area contributed by atoms with Gasteiger partial charge in [0.05, 0.1) is 6.04 Å². The van der Waals surface area contributed by atoms with Crippen LogP contribution in [0, 0.1) is 5.92 Å². The van der Waals surface area contributed by atoms with Crippen molar-refractivity contribution in [2.45, 2.75) is 56.7 Å². The topological polar surface area (TPSA) is 67.6 Å². The smallest absolute Gasteiger partial charge is 0.237 e. The first kappa shape index (κ1) is 20.0. The van der Waals surface area contributed by atoms with E-state index in [0.29, 0.717) is 12.1 Å². The first-order valence-electron chi connectivity index (χ1n) is 8.13. The molecule has 1 amide bonds. The van der Waals surface area contributed by atoms with Crippen LogP contribution < -0.4 is 11.1 Å². The molecule has 5 nitrogen and oxygen atoms in total. The van der Waals surface area contributed by atoms with Crippen molar-refractivity contribution in [3.05, 3.63) is 0 Å². The van der Waals surface area contributed by atoms with Gasteiger partial charge in [0.15, 0.2) is 0 Å². The van der Waals surface area contributed by atoms with Crippen molar-refractivity contribution in [2.24, 2.45) is 11.7 Å². The summed E-state index contributed by atoms with van der Waals surface area (Å²) in [5, 5.41) is 3.23. The highest BCUT2D eigenvalue weighted by molar-refractivity contribution is 5.85. The fraction of sp³-hybridized carbons (Fsp3) is 0.933. The summed E-state index contributed by atoms with van der Waals surface area (Å²) in [6.07, 6.45) is 6.72. The fourth-order valence-corrected chi connectivity index (χ4v) is 3.98. The number of nitrogens with two attached hydrogens (primary N) is 1. The molecule has 3 aliphatic heterocycles. The molecule has 3 aliphatic rings. The Balaban J connectivity index is 0.00000121. The molecule has 0 aliphatic carbocycles. The lowest BCUT2D eigenvalue weighted by Gasteiger charge is -2.33. The number of fused-ring (bicyclic) bond motifs is 1. The van der Waals surface area contributed by atoms with Gasteiger partial charge in [-0.15, -0.1) is 24.8 Å². The molecule has 0 spiro atoms. The van der Waals surface area contributed by atoms with Gasteiger partial charge in [-0.25, -0.2) is 0 Å². The molecule has 3 atom stereocenters. The Morgan fingerprint density at radius 3 is 2.55 bits per heavy atom. The van der Waals surface area contributed by atoms with E-state index in [4.69, 9.17) is 10.5 Å². The highest BCUT2D eigenvalue weighted by atomic mass is 35.5. The van der Waals surface area contributed by atoms with Crippen LogP contribution in [0.1, 0.15) is 38.5 Å². The SMILES string of the molecule is Cl.Cl.NC(C(=O)NC1CCN2CCCCC12)C1CCOCC1. The second-order valence-electron chi connectivity index (χ2n) is 6.48. The largest absolute Gasteiger partial charge is 0.381 e. The minimum Gasteiger partial charge on any atom is -0.381 e. The normalized spacial score (nSPS) is 30.6. The summed E-state index contributed by atoms with van der Waals surface area (Å²) >= 11 is 0. The minimum absolute atomic E-state index is 0. The average molecular weight is 354 g/mol. The summed E-state index contributed by atoms with van der Waals surface area (Å²) in [6.45, 7) is 3.81. The van der Waals surface area contributed by atoms with Crippen molar-refractivity contribution in [1.82, 2.24) is 10.2 Å². The monoisotopic (exact) mass is 353 g/mol. The van der Waals surface area contributed by atoms with E-state index >= 15 is 0 Å². The van der Waals surface area contributed by atoms with Crippen molar-refractivity contribution in [3.8, 4) is 0 Å². The van der Waals surface area contributed by atoms with E-state index < -0.39 is 0 Å². The number of amides is 1. The Morgan fingerprint density at radius 2 is 1.82 bits per heavy atom. The Bertz CT molecular complexity index is 354. The van der Waals surface area contributed by atoms with Gasteiger partial charge in [-0.05, 0) is 44.6 Å². The van der Waals surface area contributed by atoms with Crippen LogP contribution in [0.25, 0.3) is 0 Å². The van der Waals surface area contributed by atoms with Crippen LogP contribution >= 0.6 is 24.8 Å². The number of carbonyl (C=O) groups is 1. The Hall–Kier alpha value is -0.0700. The first-order valence-corrected chi connectivity index (χ1v) is 8.13. The first-order chi connectivity index (χ1) is 9.75. The summed E-state index contributed by atoms with van der Waals surface area (Å²) in [6, 6.07) is 0.500. The van der Waals surface area contributed by atoms with Crippen LogP contribution in [0.5, 0.6) is 0 Å². The summed E-state index contributed by atoms with van der Waals surface area (Å²) < 4.78 is 5.34. The third-order valence-electron chi connectivity index (χ3n) is 5.26. The molecule has 0 aromatic carbocycles. The number of hydrogen-bond acceptors (Lipinski definition) is 4. The average Bonchev–Trinajstić information content (AvgIpc) is 2.91. The van der Waals surface area contributed by atoms with E-state index in [2.05, 4.69) is 10.2 Å². The summed E-state index contributed by atoms with van der Waals surface area (Å²) in [5.74, 6) is 0.335. The quantitative estimate of drug-likeness (QED) is 0.802. The van der Waals surface area contributed by atoms with E-state index in [-0.39, 0.29) is 42.7 Å². The van der Waals surface area contributed by atoms with Gasteiger partial charge in [0, 0.05) is 31.8 Å². The van der Waals surface area contributed by atoms with E-state index in [9.17, 15) is 4.79 Å². The molecule has 7 heteroatoms. The second kappa shape index (κ2) is 9.28. The van der Waals surface area contributed by atoms with Gasteiger partial charge in [-0.2, -0.15) is 0 Å². The van der Waals surface area contributed by atoms with Gasteiger partial charge in [0.2, 0.25) is 5.91 Å². The zero-order chi connectivity index (χ0) is 13.9. The maximum Gasteiger partial charge on any atom is 0.237 e. The number of nitrogens with one attached hydrogen (secondary N) is 1. The molecule has 3 rings (SSSR count). The lowest BCUT2D eigenvalue weighted by atomic mass is 9.91. The van der Waals surface area contributed by atoms with E-state index in [1.165, 1.54) is 25.8 Å². The van der Waals surface area contributed by atoms with Gasteiger partial charge in [0.25, 0.3) is 0 Å². The van der Waals surface area contributed by atoms with Crippen LogP contribution in [-0.2, 0) is 9.53 Å². The molecular weight excluding hydrogens is 325 g/mol. The number of rotatable bonds is 3. The van der Waals surface area contributed by atoms with Crippen molar-refractivity contribution >= 4 is 30.7 Å². The maximum absolute atomic E-state index is 12.4. The van der Waals surface area contributed by atoms with Gasteiger partial charge < -0.3 is 15.8 Å². The third-order valence-corrected chi connectivity index (χ3v) is 5.26. The summed E-state index contributed by atoms with van der Waals surface area (Å²) in [4.78, 5) is 14.9. The molecule has 130 valence electrons. The van der Waals surface area contributed by atoms with Crippen molar-refractivity contribution in [2.75, 3.05) is 26.3 Å². The number of nitrogens with zero attached hydrogens (tertiary/aromatic N) is 1. The number of halogens is 2. The van der Waals surface area contributed by atoms with Gasteiger partial charge >= 0.3 is 0 Å². The van der Waals surface area contributed by atoms with Crippen LogP contribution in [0.4, 0.5) is 0 Å². The van der Waals surface area contributed by atoms with E-state index in [1.54, 1.807) is 0 Å². The molecule has 0 bridgehead atoms. The molecule has 0 aromatic rings. The van der Waals surface area contributed by atoms with Crippen LogP contribution in [0.2, 0.25) is 0 Å². The number of hydrogen-bond donors (Lipinski definition) is 2. The Labute approximate surface area is 145 Å². The van der Waals surface area contributed by atoms with Gasteiger partial charge in [0.1, 0.15) is 0 Å². The molecule has 3 unspecified atom stereocenters. The molecule has 0 aromatic heterocycles. The number of piperidine rings is 1. The van der Waals surface area contributed by atoms with Crippen molar-refractivity contribution in [3.63, 3.8) is 0 Å². The predicted molar refractivity (Wildman–Crippen MR) is 91.8 cm³/mol. The minimum atomic E-state index is -0.364. The molecular formula is C15H29Cl2N3O2. The Kier molecular flexibility index (Phi) is 8.43. The highest BCUT2D eigenvalue weighted by Gasteiger charge is 2.37. The lowest BCUT2D eigenvalue weighted by molar-refractivity contribution is -0.125. The van der Waals surface area contributed by atoms with Crippen LogP contribution in [-0.4, -0.2) is 55.2 Å². The second-order valence-corrected chi connectivity index (χ2v) is 6.48. The molecule has 3 heterocycles. The Morgan fingerprint density at radius 1 is 1.09 bits per heavy atom. The molecule has 3 N–H and O–H groups in total. The molecule has 0 saturated carbocycles. The standard InChI is InChI=1S/C15H27N3O2.2ClH/c16-14(11-5-9-20-10-6-11)15(19)17-12-4-8-18-7-2-1-3-13(12)18;;/h11-14H,1-10,16H2,(H,17,19);2*1H. The van der Waals surface area contributed by atoms with E-state index in [1.807, 2.05) is 0 Å². The van der Waals surface area contributed by atoms with Gasteiger partial charge in [-0.3, -0.25) is 9.69 Å². The summed E-state index contributed by atoms with van der Waals surface area (Å²) in [7, 11) is 0. The molecule has 22 heavy (non-hydrogen) atoms. The molecule has 3 fully saturated rings. The van der Waals surface area contributed by atoms with Crippen molar-refractivity contribution in [1.29, 1.82) is 0 Å².